The molecule has 1 aromatic carbocycles. The number of amides is 1. The summed E-state index contributed by atoms with van der Waals surface area (Å²) < 4.78 is 15.2. The maximum absolute atomic E-state index is 12.0. The fourth-order valence-electron chi connectivity index (χ4n) is 1.88. The van der Waals surface area contributed by atoms with E-state index in [0.717, 1.165) is 11.3 Å². The van der Waals surface area contributed by atoms with Crippen LogP contribution in [0.15, 0.2) is 53.2 Å². The van der Waals surface area contributed by atoms with Crippen molar-refractivity contribution in [3.8, 4) is 5.75 Å². The van der Waals surface area contributed by atoms with E-state index in [2.05, 4.69) is 5.32 Å². The standard InChI is InChI=1S/C18H19NO5/c1-13(24-17(20)10-9-16-4-3-11-23-16)18(21)19-12-14-5-7-15(22-2)8-6-14/h3-11,13H,12H2,1-2H3,(H,19,21)/b10-9+/t13-/m1/s1. The van der Waals surface area contributed by atoms with Crippen molar-refractivity contribution in [1.82, 2.24) is 5.32 Å². The number of hydrogen-bond acceptors (Lipinski definition) is 5. The molecule has 2 aromatic rings. The summed E-state index contributed by atoms with van der Waals surface area (Å²) in [6, 6.07) is 10.7. The summed E-state index contributed by atoms with van der Waals surface area (Å²) >= 11 is 0. The average molecular weight is 329 g/mol. The van der Waals surface area contributed by atoms with Gasteiger partial charge in [0.05, 0.1) is 13.4 Å². The number of carbonyl (C=O) groups is 2. The summed E-state index contributed by atoms with van der Waals surface area (Å²) in [6.07, 6.45) is 3.30. The molecule has 1 atom stereocenters. The molecular weight excluding hydrogens is 310 g/mol. The highest BCUT2D eigenvalue weighted by Gasteiger charge is 2.16. The monoisotopic (exact) mass is 329 g/mol. The van der Waals surface area contributed by atoms with E-state index in [4.69, 9.17) is 13.9 Å². The van der Waals surface area contributed by atoms with Crippen LogP contribution in [0.25, 0.3) is 6.08 Å². The van der Waals surface area contributed by atoms with Crippen molar-refractivity contribution in [3.05, 3.63) is 60.1 Å². The van der Waals surface area contributed by atoms with Crippen LogP contribution in [0.2, 0.25) is 0 Å². The van der Waals surface area contributed by atoms with Gasteiger partial charge in [0.25, 0.3) is 5.91 Å². The maximum atomic E-state index is 12.0. The Kier molecular flexibility index (Phi) is 6.19. The summed E-state index contributed by atoms with van der Waals surface area (Å²) in [5.74, 6) is 0.295. The van der Waals surface area contributed by atoms with Gasteiger partial charge < -0.3 is 19.2 Å². The van der Waals surface area contributed by atoms with Gasteiger partial charge in [-0.25, -0.2) is 4.79 Å². The Morgan fingerprint density at radius 3 is 2.62 bits per heavy atom. The van der Waals surface area contributed by atoms with Crippen molar-refractivity contribution in [3.63, 3.8) is 0 Å². The first-order chi connectivity index (χ1) is 11.6. The molecule has 2 rings (SSSR count). The zero-order valence-electron chi connectivity index (χ0n) is 13.5. The van der Waals surface area contributed by atoms with Gasteiger partial charge in [0.1, 0.15) is 11.5 Å². The molecule has 0 spiro atoms. The Morgan fingerprint density at radius 2 is 2.00 bits per heavy atom. The summed E-state index contributed by atoms with van der Waals surface area (Å²) in [4.78, 5) is 23.6. The second kappa shape index (κ2) is 8.57. The van der Waals surface area contributed by atoms with Crippen LogP contribution in [0, 0.1) is 0 Å². The Bertz CT molecular complexity index is 689. The summed E-state index contributed by atoms with van der Waals surface area (Å²) in [5, 5.41) is 2.71. The lowest BCUT2D eigenvalue weighted by Crippen LogP contribution is -2.35. The number of nitrogens with one attached hydrogen (secondary N) is 1. The molecule has 1 N–H and O–H groups in total. The number of carbonyl (C=O) groups excluding carboxylic acids is 2. The molecule has 0 aliphatic heterocycles. The number of ether oxygens (including phenoxy) is 2. The Balaban J connectivity index is 1.77. The molecule has 6 nitrogen and oxygen atoms in total. The van der Waals surface area contributed by atoms with Crippen molar-refractivity contribution in [2.24, 2.45) is 0 Å². The van der Waals surface area contributed by atoms with E-state index in [1.807, 2.05) is 24.3 Å². The van der Waals surface area contributed by atoms with E-state index in [1.165, 1.54) is 25.3 Å². The maximum Gasteiger partial charge on any atom is 0.331 e. The molecule has 0 saturated carbocycles. The molecule has 0 saturated heterocycles. The third-order valence-electron chi connectivity index (χ3n) is 3.21. The molecule has 126 valence electrons. The van der Waals surface area contributed by atoms with Crippen LogP contribution >= 0.6 is 0 Å². The third-order valence-corrected chi connectivity index (χ3v) is 3.21. The van der Waals surface area contributed by atoms with Gasteiger partial charge in [0.2, 0.25) is 0 Å². The van der Waals surface area contributed by atoms with E-state index in [9.17, 15) is 9.59 Å². The van der Waals surface area contributed by atoms with Crippen LogP contribution in [0.4, 0.5) is 0 Å². The van der Waals surface area contributed by atoms with Gasteiger partial charge in [-0.15, -0.1) is 0 Å². The highest BCUT2D eigenvalue weighted by atomic mass is 16.5. The molecule has 0 aliphatic rings. The number of furan rings is 1. The molecule has 1 amide bonds. The first-order valence-corrected chi connectivity index (χ1v) is 7.41. The van der Waals surface area contributed by atoms with Crippen molar-refractivity contribution in [2.45, 2.75) is 19.6 Å². The third kappa shape index (κ3) is 5.31. The highest BCUT2D eigenvalue weighted by Crippen LogP contribution is 2.11. The van der Waals surface area contributed by atoms with E-state index >= 15 is 0 Å². The zero-order valence-corrected chi connectivity index (χ0v) is 13.5. The highest BCUT2D eigenvalue weighted by molar-refractivity contribution is 5.90. The molecule has 0 unspecified atom stereocenters. The average Bonchev–Trinajstić information content (AvgIpc) is 3.11. The van der Waals surface area contributed by atoms with E-state index < -0.39 is 12.1 Å². The van der Waals surface area contributed by atoms with Crippen LogP contribution in [0.3, 0.4) is 0 Å². The molecule has 24 heavy (non-hydrogen) atoms. The number of rotatable bonds is 7. The lowest BCUT2D eigenvalue weighted by molar-refractivity contribution is -0.150. The van der Waals surface area contributed by atoms with E-state index in [-0.39, 0.29) is 5.91 Å². The predicted octanol–water partition coefficient (Wildman–Crippen LogP) is 2.55. The minimum Gasteiger partial charge on any atom is -0.497 e. The molecule has 0 bridgehead atoms. The number of methoxy groups -OCH3 is 1. The van der Waals surface area contributed by atoms with Crippen molar-refractivity contribution < 1.29 is 23.5 Å². The van der Waals surface area contributed by atoms with E-state index in [0.29, 0.717) is 12.3 Å². The van der Waals surface area contributed by atoms with E-state index in [1.54, 1.807) is 19.2 Å². The van der Waals surface area contributed by atoms with Crippen LogP contribution in [0.1, 0.15) is 18.2 Å². The van der Waals surface area contributed by atoms with Crippen molar-refractivity contribution in [2.75, 3.05) is 7.11 Å². The smallest absolute Gasteiger partial charge is 0.331 e. The van der Waals surface area contributed by atoms with Crippen molar-refractivity contribution in [1.29, 1.82) is 0 Å². The SMILES string of the molecule is COc1ccc(CNC(=O)[C@@H](C)OC(=O)/C=C/c2ccco2)cc1. The molecular formula is C18H19NO5. The van der Waals surface area contributed by atoms with Gasteiger partial charge in [-0.3, -0.25) is 4.79 Å². The van der Waals surface area contributed by atoms with Gasteiger partial charge in [-0.1, -0.05) is 12.1 Å². The van der Waals surface area contributed by atoms with Gasteiger partial charge in [0.15, 0.2) is 6.10 Å². The van der Waals surface area contributed by atoms with Gasteiger partial charge in [-0.2, -0.15) is 0 Å². The predicted molar refractivity (Wildman–Crippen MR) is 88.1 cm³/mol. The quantitative estimate of drug-likeness (QED) is 0.624. The fraction of sp³-hybridized carbons (Fsp3) is 0.222. The molecule has 1 aromatic heterocycles. The topological polar surface area (TPSA) is 77.8 Å². The minimum absolute atomic E-state index is 0.340. The Labute approximate surface area is 140 Å². The largest absolute Gasteiger partial charge is 0.497 e. The number of hydrogen-bond donors (Lipinski definition) is 1. The molecule has 6 heteroatoms. The van der Waals surface area contributed by atoms with Crippen LogP contribution in [-0.4, -0.2) is 25.1 Å². The zero-order chi connectivity index (χ0) is 17.4. The Morgan fingerprint density at radius 1 is 1.25 bits per heavy atom. The summed E-state index contributed by atoms with van der Waals surface area (Å²) in [5.41, 5.74) is 0.917. The van der Waals surface area contributed by atoms with Gasteiger partial charge in [-0.05, 0) is 42.8 Å². The fourth-order valence-corrected chi connectivity index (χ4v) is 1.88. The molecule has 0 radical (unpaired) electrons. The van der Waals surface area contributed by atoms with Crippen LogP contribution in [0.5, 0.6) is 5.75 Å². The minimum atomic E-state index is -0.892. The molecule has 0 fully saturated rings. The van der Waals surface area contributed by atoms with Crippen LogP contribution in [-0.2, 0) is 20.9 Å². The second-order valence-electron chi connectivity index (χ2n) is 4.99. The summed E-state index contributed by atoms with van der Waals surface area (Å²) in [7, 11) is 1.59. The van der Waals surface area contributed by atoms with Crippen molar-refractivity contribution >= 4 is 18.0 Å². The first kappa shape index (κ1) is 17.3. The number of benzene rings is 1. The lowest BCUT2D eigenvalue weighted by Gasteiger charge is -2.12. The normalized spacial score (nSPS) is 11.9. The Hall–Kier alpha value is -3.02. The van der Waals surface area contributed by atoms with Gasteiger partial charge in [0, 0.05) is 12.6 Å². The number of esters is 1. The summed E-state index contributed by atoms with van der Waals surface area (Å²) in [6.45, 7) is 1.86. The van der Waals surface area contributed by atoms with Gasteiger partial charge >= 0.3 is 5.97 Å². The molecule has 1 heterocycles. The second-order valence-corrected chi connectivity index (χ2v) is 4.99. The first-order valence-electron chi connectivity index (χ1n) is 7.41. The van der Waals surface area contributed by atoms with Crippen LogP contribution < -0.4 is 10.1 Å². The lowest BCUT2D eigenvalue weighted by atomic mass is 10.2. The molecule has 0 aliphatic carbocycles.